The van der Waals surface area contributed by atoms with E-state index in [0.29, 0.717) is 18.5 Å². The Balaban J connectivity index is 2.80. The van der Waals surface area contributed by atoms with Gasteiger partial charge in [-0.3, -0.25) is 0 Å². The fraction of sp³-hybridized carbons (Fsp3) is 1.00. The molecule has 11 heavy (non-hydrogen) atoms. The summed E-state index contributed by atoms with van der Waals surface area (Å²) in [5.41, 5.74) is 0. The molecule has 0 rings (SSSR count). The maximum absolute atomic E-state index is 5.27. The highest BCUT2D eigenvalue weighted by Crippen LogP contribution is 2.02. The Bertz CT molecular complexity index is 76.5. The van der Waals surface area contributed by atoms with Gasteiger partial charge in [-0.25, -0.2) is 0 Å². The molecule has 0 aromatic carbocycles. The van der Waals surface area contributed by atoms with Gasteiger partial charge in [0.15, 0.2) is 0 Å². The molecule has 0 amide bonds. The zero-order valence-electron chi connectivity index (χ0n) is 7.38. The van der Waals surface area contributed by atoms with Crippen LogP contribution in [0.25, 0.3) is 0 Å². The van der Waals surface area contributed by atoms with E-state index in [-0.39, 0.29) is 0 Å². The molecule has 68 valence electrons. The van der Waals surface area contributed by atoms with Crippen LogP contribution in [0.2, 0.25) is 0 Å². The summed E-state index contributed by atoms with van der Waals surface area (Å²) in [6.45, 7) is 4.32. The van der Waals surface area contributed by atoms with E-state index in [1.165, 1.54) is 0 Å². The third-order valence-corrected chi connectivity index (χ3v) is 1.60. The summed E-state index contributed by atoms with van der Waals surface area (Å²) in [5.74, 6) is 0. The molecule has 0 saturated heterocycles. The average molecular weight is 178 g/mol. The lowest BCUT2D eigenvalue weighted by Crippen LogP contribution is -2.04. The third kappa shape index (κ3) is 10.3. The lowest BCUT2D eigenvalue weighted by atomic mass is 10.2. The zero-order valence-corrected chi connectivity index (χ0v) is 8.27. The van der Waals surface area contributed by atoms with E-state index in [0.717, 1.165) is 19.4 Å². The minimum atomic E-state index is 0.487. The Labute approximate surface area is 74.7 Å². The van der Waals surface area contributed by atoms with Crippen LogP contribution in [0, 0.1) is 0 Å². The summed E-state index contributed by atoms with van der Waals surface area (Å²) < 4.78 is 10.1. The highest BCUT2D eigenvalue weighted by atomic mass is 32.1. The minimum Gasteiger partial charge on any atom is -0.382 e. The van der Waals surface area contributed by atoms with Crippen molar-refractivity contribution in [3.05, 3.63) is 0 Å². The molecule has 0 spiro atoms. The average Bonchev–Trinajstić information content (AvgIpc) is 1.96. The predicted molar refractivity (Wildman–Crippen MR) is 50.4 cm³/mol. The van der Waals surface area contributed by atoms with Gasteiger partial charge in [-0.2, -0.15) is 12.6 Å². The number of methoxy groups -OCH3 is 1. The Kier molecular flexibility index (Phi) is 8.57. The van der Waals surface area contributed by atoms with Gasteiger partial charge in [-0.1, -0.05) is 6.92 Å². The van der Waals surface area contributed by atoms with Crippen LogP contribution in [0.5, 0.6) is 0 Å². The number of ether oxygens (including phenoxy) is 2. The van der Waals surface area contributed by atoms with Crippen molar-refractivity contribution in [2.75, 3.05) is 26.9 Å². The molecule has 0 aromatic heterocycles. The smallest absolute Gasteiger partial charge is 0.0700 e. The Morgan fingerprint density at radius 2 is 2.00 bits per heavy atom. The van der Waals surface area contributed by atoms with Gasteiger partial charge in [0.1, 0.15) is 0 Å². The zero-order chi connectivity index (χ0) is 8.53. The lowest BCUT2D eigenvalue weighted by molar-refractivity contribution is 0.0689. The molecule has 0 aliphatic rings. The normalized spacial score (nSPS) is 13.4. The number of rotatable bonds is 7. The molecule has 0 saturated carbocycles. The highest BCUT2D eigenvalue weighted by molar-refractivity contribution is 7.80. The molecule has 0 N–H and O–H groups in total. The summed E-state index contributed by atoms with van der Waals surface area (Å²) in [6.07, 6.45) is 2.21. The first-order chi connectivity index (χ1) is 5.27. The second-order valence-electron chi connectivity index (χ2n) is 2.60. The molecule has 0 heterocycles. The summed E-state index contributed by atoms with van der Waals surface area (Å²) in [7, 11) is 1.68. The van der Waals surface area contributed by atoms with Gasteiger partial charge in [0.2, 0.25) is 0 Å². The molecule has 0 fully saturated rings. The van der Waals surface area contributed by atoms with Crippen molar-refractivity contribution >= 4 is 12.6 Å². The van der Waals surface area contributed by atoms with Gasteiger partial charge in [0, 0.05) is 13.7 Å². The van der Waals surface area contributed by atoms with E-state index in [9.17, 15) is 0 Å². The Hall–Kier alpha value is 0.270. The van der Waals surface area contributed by atoms with Gasteiger partial charge < -0.3 is 9.47 Å². The van der Waals surface area contributed by atoms with Crippen LogP contribution in [-0.4, -0.2) is 32.2 Å². The highest BCUT2D eigenvalue weighted by Gasteiger charge is 1.93. The van der Waals surface area contributed by atoms with Crippen LogP contribution < -0.4 is 0 Å². The minimum absolute atomic E-state index is 0.487. The van der Waals surface area contributed by atoms with Gasteiger partial charge >= 0.3 is 0 Å². The molecular formula is C8H18O2S. The van der Waals surface area contributed by atoms with Crippen molar-refractivity contribution in [3.63, 3.8) is 0 Å². The first-order valence-electron chi connectivity index (χ1n) is 4.02. The molecule has 0 aromatic rings. The second-order valence-corrected chi connectivity index (χ2v) is 3.48. The Morgan fingerprint density at radius 3 is 2.55 bits per heavy atom. The summed E-state index contributed by atoms with van der Waals surface area (Å²) >= 11 is 4.26. The van der Waals surface area contributed by atoms with Crippen molar-refractivity contribution in [2.45, 2.75) is 25.0 Å². The quantitative estimate of drug-likeness (QED) is 0.473. The van der Waals surface area contributed by atoms with Gasteiger partial charge in [-0.15, -0.1) is 0 Å². The van der Waals surface area contributed by atoms with Crippen LogP contribution in [0.15, 0.2) is 0 Å². The summed E-state index contributed by atoms with van der Waals surface area (Å²) in [6, 6.07) is 0. The van der Waals surface area contributed by atoms with E-state index >= 15 is 0 Å². The lowest BCUT2D eigenvalue weighted by Gasteiger charge is -2.04. The van der Waals surface area contributed by atoms with Crippen LogP contribution >= 0.6 is 12.6 Å². The number of thiol groups is 1. The molecule has 2 nitrogen and oxygen atoms in total. The molecule has 0 bridgehead atoms. The van der Waals surface area contributed by atoms with E-state index in [1.54, 1.807) is 7.11 Å². The van der Waals surface area contributed by atoms with Crippen molar-refractivity contribution < 1.29 is 9.47 Å². The van der Waals surface area contributed by atoms with Gasteiger partial charge in [0.25, 0.3) is 0 Å². The molecule has 0 aliphatic carbocycles. The van der Waals surface area contributed by atoms with Crippen molar-refractivity contribution in [1.82, 2.24) is 0 Å². The van der Waals surface area contributed by atoms with Crippen LogP contribution in [0.3, 0.4) is 0 Å². The standard InChI is InChI=1S/C8H18O2S/c1-8(11)4-3-5-10-7-6-9-2/h8,11H,3-7H2,1-2H3. The van der Waals surface area contributed by atoms with Crippen LogP contribution in [0.4, 0.5) is 0 Å². The Morgan fingerprint density at radius 1 is 1.27 bits per heavy atom. The molecule has 0 radical (unpaired) electrons. The van der Waals surface area contributed by atoms with Gasteiger partial charge in [-0.05, 0) is 18.1 Å². The molecular weight excluding hydrogens is 160 g/mol. The fourth-order valence-electron chi connectivity index (χ4n) is 0.725. The van der Waals surface area contributed by atoms with Crippen molar-refractivity contribution in [1.29, 1.82) is 0 Å². The summed E-state index contributed by atoms with van der Waals surface area (Å²) in [4.78, 5) is 0. The number of hydrogen-bond donors (Lipinski definition) is 1. The van der Waals surface area contributed by atoms with E-state index in [4.69, 9.17) is 9.47 Å². The fourth-order valence-corrected chi connectivity index (χ4v) is 0.908. The monoisotopic (exact) mass is 178 g/mol. The first kappa shape index (κ1) is 11.3. The van der Waals surface area contributed by atoms with Crippen molar-refractivity contribution in [2.24, 2.45) is 0 Å². The van der Waals surface area contributed by atoms with E-state index in [1.807, 2.05) is 0 Å². The van der Waals surface area contributed by atoms with Crippen molar-refractivity contribution in [3.8, 4) is 0 Å². The largest absolute Gasteiger partial charge is 0.382 e. The second kappa shape index (κ2) is 8.37. The molecule has 0 aliphatic heterocycles. The maximum atomic E-state index is 5.27. The van der Waals surface area contributed by atoms with Crippen LogP contribution in [-0.2, 0) is 9.47 Å². The molecule has 1 atom stereocenters. The first-order valence-corrected chi connectivity index (χ1v) is 4.53. The predicted octanol–water partition coefficient (Wildman–Crippen LogP) is 1.75. The third-order valence-electron chi connectivity index (χ3n) is 1.34. The molecule has 3 heteroatoms. The van der Waals surface area contributed by atoms with Gasteiger partial charge in [0.05, 0.1) is 13.2 Å². The topological polar surface area (TPSA) is 18.5 Å². The maximum Gasteiger partial charge on any atom is 0.0700 e. The van der Waals surface area contributed by atoms with Crippen LogP contribution in [0.1, 0.15) is 19.8 Å². The SMILES string of the molecule is COCCOCCCC(C)S. The summed E-state index contributed by atoms with van der Waals surface area (Å²) in [5, 5.41) is 0.487. The van der Waals surface area contributed by atoms with E-state index < -0.39 is 0 Å². The molecule has 1 unspecified atom stereocenters. The van der Waals surface area contributed by atoms with E-state index in [2.05, 4.69) is 19.6 Å². The number of hydrogen-bond acceptors (Lipinski definition) is 3.